The molecule has 1 aliphatic heterocycles. The van der Waals surface area contributed by atoms with Gasteiger partial charge in [0, 0.05) is 16.8 Å². The van der Waals surface area contributed by atoms with Crippen molar-refractivity contribution in [1.82, 2.24) is 10.6 Å². The molecule has 1 atom stereocenters. The molecule has 0 aliphatic carbocycles. The highest BCUT2D eigenvalue weighted by atomic mass is 35.5. The number of halogens is 1. The van der Waals surface area contributed by atoms with Gasteiger partial charge < -0.3 is 25.4 Å². The van der Waals surface area contributed by atoms with Crippen molar-refractivity contribution in [3.8, 4) is 11.5 Å². The number of allylic oxidation sites excluding steroid dienone is 1. The zero-order valence-corrected chi connectivity index (χ0v) is 17.2. The van der Waals surface area contributed by atoms with E-state index in [0.29, 0.717) is 38.6 Å². The molecule has 1 amide bonds. The van der Waals surface area contributed by atoms with E-state index in [2.05, 4.69) is 16.0 Å². The summed E-state index contributed by atoms with van der Waals surface area (Å²) >= 11 is 11.6. The van der Waals surface area contributed by atoms with E-state index in [0.717, 1.165) is 5.56 Å². The van der Waals surface area contributed by atoms with Crippen molar-refractivity contribution >= 4 is 40.5 Å². The fourth-order valence-electron chi connectivity index (χ4n) is 3.03. The zero-order valence-electron chi connectivity index (χ0n) is 15.6. The van der Waals surface area contributed by atoms with Crippen molar-refractivity contribution in [2.45, 2.75) is 13.0 Å². The predicted octanol–water partition coefficient (Wildman–Crippen LogP) is 3.79. The first-order chi connectivity index (χ1) is 13.4. The molecule has 1 aliphatic rings. The monoisotopic (exact) mass is 417 g/mol. The smallest absolute Gasteiger partial charge is 0.255 e. The summed E-state index contributed by atoms with van der Waals surface area (Å²) in [7, 11) is 3.10. The number of benzene rings is 2. The molecule has 3 rings (SSSR count). The van der Waals surface area contributed by atoms with E-state index >= 15 is 0 Å². The minimum atomic E-state index is -0.480. The average molecular weight is 418 g/mol. The van der Waals surface area contributed by atoms with Gasteiger partial charge in [-0.2, -0.15) is 0 Å². The summed E-state index contributed by atoms with van der Waals surface area (Å²) in [5.41, 5.74) is 2.43. The topological polar surface area (TPSA) is 71.6 Å². The molecule has 0 bridgehead atoms. The number of methoxy groups -OCH3 is 2. The number of anilines is 1. The Labute approximate surface area is 173 Å². The first-order valence-electron chi connectivity index (χ1n) is 8.50. The molecule has 0 saturated carbocycles. The van der Waals surface area contributed by atoms with Gasteiger partial charge in [0.05, 0.1) is 31.5 Å². The molecule has 0 radical (unpaired) electrons. The van der Waals surface area contributed by atoms with E-state index in [1.807, 2.05) is 18.2 Å². The Kier molecular flexibility index (Phi) is 6.06. The fraction of sp³-hybridized carbons (Fsp3) is 0.200. The number of thiocarbonyl (C=S) groups is 1. The van der Waals surface area contributed by atoms with E-state index in [1.54, 1.807) is 38.3 Å². The first-order valence-corrected chi connectivity index (χ1v) is 9.29. The molecule has 8 heteroatoms. The molecule has 146 valence electrons. The summed E-state index contributed by atoms with van der Waals surface area (Å²) < 4.78 is 10.6. The summed E-state index contributed by atoms with van der Waals surface area (Å²) in [6, 6.07) is 12.0. The molecule has 1 heterocycles. The van der Waals surface area contributed by atoms with Crippen molar-refractivity contribution in [3.05, 3.63) is 64.3 Å². The van der Waals surface area contributed by atoms with Crippen molar-refractivity contribution in [2.24, 2.45) is 0 Å². The van der Waals surface area contributed by atoms with E-state index < -0.39 is 6.04 Å². The van der Waals surface area contributed by atoms with Gasteiger partial charge in [-0.3, -0.25) is 4.79 Å². The van der Waals surface area contributed by atoms with Crippen molar-refractivity contribution in [2.75, 3.05) is 19.5 Å². The minimum Gasteiger partial charge on any atom is -0.497 e. The van der Waals surface area contributed by atoms with Gasteiger partial charge in [-0.25, -0.2) is 0 Å². The molecule has 2 aromatic rings. The number of carbonyl (C=O) groups is 1. The number of nitrogens with one attached hydrogen (secondary N) is 3. The summed E-state index contributed by atoms with van der Waals surface area (Å²) in [6.07, 6.45) is 0. The van der Waals surface area contributed by atoms with Crippen LogP contribution in [0.1, 0.15) is 18.5 Å². The van der Waals surface area contributed by atoms with Gasteiger partial charge in [-0.1, -0.05) is 29.8 Å². The highest BCUT2D eigenvalue weighted by Crippen LogP contribution is 2.34. The zero-order chi connectivity index (χ0) is 20.3. The van der Waals surface area contributed by atoms with Gasteiger partial charge in [0.1, 0.15) is 11.5 Å². The van der Waals surface area contributed by atoms with E-state index in [1.165, 1.54) is 7.11 Å². The van der Waals surface area contributed by atoms with Crippen LogP contribution in [0.5, 0.6) is 11.5 Å². The predicted molar refractivity (Wildman–Crippen MR) is 114 cm³/mol. The highest BCUT2D eigenvalue weighted by molar-refractivity contribution is 7.80. The molecule has 0 unspecified atom stereocenters. The van der Waals surface area contributed by atoms with E-state index in [9.17, 15) is 4.79 Å². The standard InChI is InChI=1S/C20H20ClN3O3S/c1-11-17(18(24-20(28)22-11)13-6-4-5-7-14(13)21)19(25)23-15-9-8-12(26-2)10-16(15)27-3/h4-10,18H,1-3H3,(H,23,25)(H2,22,24,28)/t18-/m1/s1. The molecule has 0 spiro atoms. The molecular formula is C20H20ClN3O3S. The second-order valence-electron chi connectivity index (χ2n) is 6.11. The molecule has 0 aromatic heterocycles. The maximum atomic E-state index is 13.2. The van der Waals surface area contributed by atoms with Gasteiger partial charge in [-0.15, -0.1) is 0 Å². The molecule has 28 heavy (non-hydrogen) atoms. The largest absolute Gasteiger partial charge is 0.497 e. The summed E-state index contributed by atoms with van der Waals surface area (Å²) in [4.78, 5) is 13.2. The van der Waals surface area contributed by atoms with Crippen LogP contribution in [-0.4, -0.2) is 25.2 Å². The Bertz CT molecular complexity index is 961. The lowest BCUT2D eigenvalue weighted by atomic mass is 9.95. The van der Waals surface area contributed by atoms with Crippen LogP contribution in [0.25, 0.3) is 0 Å². The van der Waals surface area contributed by atoms with Crippen molar-refractivity contribution in [3.63, 3.8) is 0 Å². The Balaban J connectivity index is 1.97. The Hall–Kier alpha value is -2.77. The van der Waals surface area contributed by atoms with Crippen LogP contribution in [0, 0.1) is 0 Å². The Morgan fingerprint density at radius 1 is 1.18 bits per heavy atom. The molecule has 2 aromatic carbocycles. The summed E-state index contributed by atoms with van der Waals surface area (Å²) in [5, 5.41) is 10.0. The lowest BCUT2D eigenvalue weighted by Crippen LogP contribution is -2.45. The summed E-state index contributed by atoms with van der Waals surface area (Å²) in [5.74, 6) is 0.825. The van der Waals surface area contributed by atoms with Crippen LogP contribution in [-0.2, 0) is 4.79 Å². The third-order valence-corrected chi connectivity index (χ3v) is 4.95. The molecule has 0 saturated heterocycles. The Morgan fingerprint density at radius 3 is 2.61 bits per heavy atom. The maximum Gasteiger partial charge on any atom is 0.255 e. The van der Waals surface area contributed by atoms with Gasteiger partial charge in [0.25, 0.3) is 5.91 Å². The van der Waals surface area contributed by atoms with E-state index in [4.69, 9.17) is 33.3 Å². The summed E-state index contributed by atoms with van der Waals surface area (Å²) in [6.45, 7) is 1.80. The molecule has 6 nitrogen and oxygen atoms in total. The van der Waals surface area contributed by atoms with Crippen LogP contribution in [0.3, 0.4) is 0 Å². The number of amides is 1. The lowest BCUT2D eigenvalue weighted by Gasteiger charge is -2.31. The highest BCUT2D eigenvalue weighted by Gasteiger charge is 2.31. The van der Waals surface area contributed by atoms with Gasteiger partial charge in [0.2, 0.25) is 0 Å². The van der Waals surface area contributed by atoms with Gasteiger partial charge in [-0.05, 0) is 42.9 Å². The number of ether oxygens (including phenoxy) is 2. The number of carbonyl (C=O) groups excluding carboxylic acids is 1. The molecular weight excluding hydrogens is 398 g/mol. The van der Waals surface area contributed by atoms with Crippen LogP contribution < -0.4 is 25.4 Å². The average Bonchev–Trinajstić information content (AvgIpc) is 2.67. The van der Waals surface area contributed by atoms with Gasteiger partial charge >= 0.3 is 0 Å². The van der Waals surface area contributed by atoms with Crippen molar-refractivity contribution in [1.29, 1.82) is 0 Å². The molecule has 0 fully saturated rings. The van der Waals surface area contributed by atoms with Crippen LogP contribution in [0.2, 0.25) is 5.02 Å². The second kappa shape index (κ2) is 8.50. The van der Waals surface area contributed by atoms with Gasteiger partial charge in [0.15, 0.2) is 5.11 Å². The fourth-order valence-corrected chi connectivity index (χ4v) is 3.54. The normalized spacial score (nSPS) is 16.1. The van der Waals surface area contributed by atoms with Crippen LogP contribution in [0.15, 0.2) is 53.7 Å². The number of hydrogen-bond donors (Lipinski definition) is 3. The van der Waals surface area contributed by atoms with Crippen LogP contribution in [0.4, 0.5) is 5.69 Å². The number of hydrogen-bond acceptors (Lipinski definition) is 4. The van der Waals surface area contributed by atoms with E-state index in [-0.39, 0.29) is 5.91 Å². The molecule has 3 N–H and O–H groups in total. The quantitative estimate of drug-likeness (QED) is 0.643. The minimum absolute atomic E-state index is 0.298. The van der Waals surface area contributed by atoms with Crippen LogP contribution >= 0.6 is 23.8 Å². The lowest BCUT2D eigenvalue weighted by molar-refractivity contribution is -0.113. The SMILES string of the molecule is COc1ccc(NC(=O)C2=C(C)NC(=S)N[C@@H]2c2ccccc2Cl)c(OC)c1. The number of rotatable bonds is 5. The third kappa shape index (κ3) is 4.05. The Morgan fingerprint density at radius 2 is 1.93 bits per heavy atom. The van der Waals surface area contributed by atoms with Crippen molar-refractivity contribution < 1.29 is 14.3 Å². The maximum absolute atomic E-state index is 13.2. The second-order valence-corrected chi connectivity index (χ2v) is 6.93. The first kappa shape index (κ1) is 20.0. The third-order valence-electron chi connectivity index (χ3n) is 4.39.